The van der Waals surface area contributed by atoms with Crippen LogP contribution in [0.25, 0.3) is 10.2 Å². The van der Waals surface area contributed by atoms with Crippen molar-refractivity contribution in [1.29, 1.82) is 0 Å². The van der Waals surface area contributed by atoms with Gasteiger partial charge in [-0.25, -0.2) is 0 Å². The molecule has 0 fully saturated rings. The van der Waals surface area contributed by atoms with Crippen molar-refractivity contribution in [2.75, 3.05) is 5.32 Å². The van der Waals surface area contributed by atoms with Gasteiger partial charge in [-0.05, 0) is 12.1 Å². The third-order valence-electron chi connectivity index (χ3n) is 3.19. The standard InChI is InChI=1S/C15H16N4O2S2/c1-15(2,3)12-17-18-13(23-12)16-11(20)8-19-9-6-4-5-7-10(9)22-14(19)21/h4-7H,8H2,1-3H3,(H,16,18,20). The third-order valence-corrected chi connectivity index (χ3v) is 5.41. The summed E-state index contributed by atoms with van der Waals surface area (Å²) in [5.41, 5.74) is 0.659. The predicted octanol–water partition coefficient (Wildman–Crippen LogP) is 2.85. The Kier molecular flexibility index (Phi) is 4.03. The Balaban J connectivity index is 1.78. The number of aromatic nitrogens is 3. The number of carbonyl (C=O) groups is 1. The van der Waals surface area contributed by atoms with Crippen molar-refractivity contribution in [2.24, 2.45) is 0 Å². The average molecular weight is 348 g/mol. The minimum Gasteiger partial charge on any atom is -0.299 e. The summed E-state index contributed by atoms with van der Waals surface area (Å²) in [5, 5.41) is 12.1. The van der Waals surface area contributed by atoms with E-state index in [1.165, 1.54) is 15.9 Å². The summed E-state index contributed by atoms with van der Waals surface area (Å²) in [5.74, 6) is -0.285. The first-order valence-electron chi connectivity index (χ1n) is 7.07. The molecule has 0 saturated heterocycles. The number of hydrogen-bond acceptors (Lipinski definition) is 6. The molecule has 0 unspecified atom stereocenters. The molecule has 0 spiro atoms. The van der Waals surface area contributed by atoms with Gasteiger partial charge in [0, 0.05) is 5.41 Å². The Morgan fingerprint density at radius 2 is 1.96 bits per heavy atom. The van der Waals surface area contributed by atoms with Crippen LogP contribution < -0.4 is 10.2 Å². The molecule has 23 heavy (non-hydrogen) atoms. The maximum Gasteiger partial charge on any atom is 0.308 e. The van der Waals surface area contributed by atoms with E-state index in [-0.39, 0.29) is 22.7 Å². The Morgan fingerprint density at radius 3 is 2.65 bits per heavy atom. The van der Waals surface area contributed by atoms with Crippen LogP contribution in [0.15, 0.2) is 29.1 Å². The summed E-state index contributed by atoms with van der Waals surface area (Å²) < 4.78 is 2.34. The molecule has 2 heterocycles. The molecule has 3 rings (SSSR count). The Morgan fingerprint density at radius 1 is 1.22 bits per heavy atom. The van der Waals surface area contributed by atoms with Crippen LogP contribution in [0.4, 0.5) is 5.13 Å². The number of nitrogens with zero attached hydrogens (tertiary/aromatic N) is 3. The molecule has 0 bridgehead atoms. The maximum atomic E-state index is 12.2. The van der Waals surface area contributed by atoms with Gasteiger partial charge >= 0.3 is 4.87 Å². The highest BCUT2D eigenvalue weighted by molar-refractivity contribution is 7.16. The molecule has 0 atom stereocenters. The number of rotatable bonds is 3. The van der Waals surface area contributed by atoms with E-state index in [0.717, 1.165) is 26.6 Å². The number of hydrogen-bond donors (Lipinski definition) is 1. The summed E-state index contributed by atoms with van der Waals surface area (Å²) >= 11 is 2.49. The van der Waals surface area contributed by atoms with Crippen molar-refractivity contribution in [1.82, 2.24) is 14.8 Å². The van der Waals surface area contributed by atoms with Crippen LogP contribution in [0, 0.1) is 0 Å². The summed E-state index contributed by atoms with van der Waals surface area (Å²) in [6.07, 6.45) is 0. The van der Waals surface area contributed by atoms with Gasteiger partial charge in [-0.1, -0.05) is 55.6 Å². The highest BCUT2D eigenvalue weighted by atomic mass is 32.1. The van der Waals surface area contributed by atoms with E-state index >= 15 is 0 Å². The van der Waals surface area contributed by atoms with Gasteiger partial charge in [0.05, 0.1) is 10.2 Å². The smallest absolute Gasteiger partial charge is 0.299 e. The van der Waals surface area contributed by atoms with Crippen LogP contribution in [-0.2, 0) is 16.8 Å². The fourth-order valence-corrected chi connectivity index (χ4v) is 3.75. The molecular weight excluding hydrogens is 332 g/mol. The summed E-state index contributed by atoms with van der Waals surface area (Å²) in [6, 6.07) is 7.43. The molecule has 8 heteroatoms. The van der Waals surface area contributed by atoms with Gasteiger partial charge in [0.15, 0.2) is 0 Å². The van der Waals surface area contributed by atoms with Gasteiger partial charge in [0.25, 0.3) is 0 Å². The molecule has 0 saturated carbocycles. The van der Waals surface area contributed by atoms with Crippen molar-refractivity contribution in [3.05, 3.63) is 38.9 Å². The molecule has 3 aromatic rings. The number of benzene rings is 1. The first-order chi connectivity index (χ1) is 10.8. The number of para-hydroxylation sites is 1. The van der Waals surface area contributed by atoms with E-state index in [0.29, 0.717) is 5.13 Å². The second kappa shape index (κ2) is 5.86. The number of nitrogens with one attached hydrogen (secondary N) is 1. The molecule has 1 N–H and O–H groups in total. The van der Waals surface area contributed by atoms with Gasteiger partial charge in [0.2, 0.25) is 11.0 Å². The third kappa shape index (κ3) is 3.32. The van der Waals surface area contributed by atoms with Crippen molar-refractivity contribution in [2.45, 2.75) is 32.7 Å². The SMILES string of the molecule is CC(C)(C)c1nnc(NC(=O)Cn2c(=O)sc3ccccc32)s1. The van der Waals surface area contributed by atoms with Crippen LogP contribution in [-0.4, -0.2) is 20.7 Å². The largest absolute Gasteiger partial charge is 0.308 e. The van der Waals surface area contributed by atoms with E-state index in [4.69, 9.17) is 0 Å². The molecule has 2 aromatic heterocycles. The van der Waals surface area contributed by atoms with Crippen LogP contribution in [0.1, 0.15) is 25.8 Å². The molecule has 0 aliphatic carbocycles. The second-order valence-corrected chi connectivity index (χ2v) is 8.10. The van der Waals surface area contributed by atoms with E-state index in [1.807, 2.05) is 45.0 Å². The first kappa shape index (κ1) is 15.8. The fourth-order valence-electron chi connectivity index (χ4n) is 2.04. The van der Waals surface area contributed by atoms with E-state index in [2.05, 4.69) is 15.5 Å². The average Bonchev–Trinajstić information content (AvgIpc) is 3.04. The van der Waals surface area contributed by atoms with Gasteiger partial charge in [-0.15, -0.1) is 10.2 Å². The lowest BCUT2D eigenvalue weighted by atomic mass is 9.98. The van der Waals surface area contributed by atoms with Crippen molar-refractivity contribution in [3.8, 4) is 0 Å². The number of thiazole rings is 1. The van der Waals surface area contributed by atoms with Crippen LogP contribution >= 0.6 is 22.7 Å². The van der Waals surface area contributed by atoms with Gasteiger partial charge in [-0.2, -0.15) is 0 Å². The summed E-state index contributed by atoms with van der Waals surface area (Å²) in [6.45, 7) is 6.08. The zero-order chi connectivity index (χ0) is 16.6. The quantitative estimate of drug-likeness (QED) is 0.789. The highest BCUT2D eigenvalue weighted by Crippen LogP contribution is 2.27. The zero-order valence-corrected chi connectivity index (χ0v) is 14.6. The number of anilines is 1. The lowest BCUT2D eigenvalue weighted by molar-refractivity contribution is -0.116. The molecule has 120 valence electrons. The summed E-state index contributed by atoms with van der Waals surface area (Å²) in [7, 11) is 0. The number of amides is 1. The van der Waals surface area contributed by atoms with E-state index in [9.17, 15) is 9.59 Å². The molecule has 0 radical (unpaired) electrons. The molecule has 0 aliphatic rings. The Hall–Kier alpha value is -2.06. The zero-order valence-electron chi connectivity index (χ0n) is 13.0. The summed E-state index contributed by atoms with van der Waals surface area (Å²) in [4.78, 5) is 24.1. The van der Waals surface area contributed by atoms with Crippen molar-refractivity contribution in [3.63, 3.8) is 0 Å². The predicted molar refractivity (Wildman–Crippen MR) is 93.3 cm³/mol. The number of fused-ring (bicyclic) bond motifs is 1. The maximum absolute atomic E-state index is 12.2. The van der Waals surface area contributed by atoms with Crippen molar-refractivity contribution < 1.29 is 4.79 Å². The van der Waals surface area contributed by atoms with Gasteiger partial charge in [0.1, 0.15) is 11.6 Å². The number of carbonyl (C=O) groups excluding carboxylic acids is 1. The van der Waals surface area contributed by atoms with Gasteiger partial charge < -0.3 is 0 Å². The molecule has 6 nitrogen and oxygen atoms in total. The lowest BCUT2D eigenvalue weighted by Gasteiger charge is -2.12. The van der Waals surface area contributed by atoms with Crippen LogP contribution in [0.5, 0.6) is 0 Å². The molecular formula is C15H16N4O2S2. The van der Waals surface area contributed by atoms with Crippen LogP contribution in [0.2, 0.25) is 0 Å². The molecule has 0 aliphatic heterocycles. The topological polar surface area (TPSA) is 76.9 Å². The van der Waals surface area contributed by atoms with Gasteiger partial charge in [-0.3, -0.25) is 19.5 Å². The van der Waals surface area contributed by atoms with E-state index < -0.39 is 0 Å². The first-order valence-corrected chi connectivity index (χ1v) is 8.70. The normalized spacial score (nSPS) is 11.8. The second-order valence-electron chi connectivity index (χ2n) is 6.13. The lowest BCUT2D eigenvalue weighted by Crippen LogP contribution is -2.24. The Bertz CT molecular complexity index is 917. The monoisotopic (exact) mass is 348 g/mol. The minimum atomic E-state index is -0.285. The van der Waals surface area contributed by atoms with Crippen LogP contribution in [0.3, 0.4) is 0 Å². The Labute approximate surface area is 140 Å². The van der Waals surface area contributed by atoms with E-state index in [1.54, 1.807) is 0 Å². The molecule has 1 amide bonds. The highest BCUT2D eigenvalue weighted by Gasteiger charge is 2.20. The molecule has 1 aromatic carbocycles. The minimum absolute atomic E-state index is 0.0344. The van der Waals surface area contributed by atoms with Crippen molar-refractivity contribution >= 4 is 43.9 Å². The fraction of sp³-hybridized carbons (Fsp3) is 0.333.